The zero-order valence-electron chi connectivity index (χ0n) is 27.2. The third-order valence-electron chi connectivity index (χ3n) is 10.1. The molecule has 48 heavy (non-hydrogen) atoms. The maximum absolute atomic E-state index is 13.7. The highest BCUT2D eigenvalue weighted by molar-refractivity contribution is 5.73. The average Bonchev–Trinajstić information content (AvgIpc) is 3.46. The molecular weight excluding hydrogens is 610 g/mol. The molecule has 13 heteroatoms. The molecule has 2 N–H and O–H groups in total. The second-order valence-corrected chi connectivity index (χ2v) is 13.1. The summed E-state index contributed by atoms with van der Waals surface area (Å²) in [6.07, 6.45) is 10.9. The van der Waals surface area contributed by atoms with Crippen LogP contribution >= 0.6 is 0 Å². The van der Waals surface area contributed by atoms with Crippen molar-refractivity contribution in [2.45, 2.75) is 51.3 Å². The van der Waals surface area contributed by atoms with Gasteiger partial charge < -0.3 is 24.6 Å². The first-order valence-electron chi connectivity index (χ1n) is 16.6. The highest BCUT2D eigenvalue weighted by Crippen LogP contribution is 2.30. The first kappa shape index (κ1) is 30.5. The Bertz CT molecular complexity index is 2120. The lowest BCUT2D eigenvalue weighted by molar-refractivity contribution is -0.0691. The number of nitrogens with one attached hydrogen (secondary N) is 1. The van der Waals surface area contributed by atoms with Crippen molar-refractivity contribution in [3.8, 4) is 16.9 Å². The van der Waals surface area contributed by atoms with Crippen LogP contribution in [0.5, 0.6) is 0 Å². The Morgan fingerprint density at radius 2 is 1.90 bits per heavy atom. The van der Waals surface area contributed by atoms with Crippen LogP contribution < -0.4 is 21.3 Å². The Labute approximate surface area is 277 Å². The second-order valence-electron chi connectivity index (χ2n) is 13.1. The molecule has 2 saturated heterocycles. The van der Waals surface area contributed by atoms with Gasteiger partial charge in [0.15, 0.2) is 5.82 Å². The predicted molar refractivity (Wildman–Crippen MR) is 182 cm³/mol. The Morgan fingerprint density at radius 3 is 2.65 bits per heavy atom. The molecule has 0 unspecified atom stereocenters. The number of aromatic nitrogens is 6. The van der Waals surface area contributed by atoms with Crippen LogP contribution in [0.1, 0.15) is 36.6 Å². The number of nitrogens with zero attached hydrogens (tertiary/aromatic N) is 8. The molecule has 248 valence electrons. The van der Waals surface area contributed by atoms with Gasteiger partial charge in [0.2, 0.25) is 0 Å². The van der Waals surface area contributed by atoms with E-state index >= 15 is 0 Å². The number of aliphatic hydroxyl groups excluding tert-OH is 1. The van der Waals surface area contributed by atoms with Crippen molar-refractivity contribution in [2.24, 2.45) is 7.05 Å². The van der Waals surface area contributed by atoms with Crippen molar-refractivity contribution in [3.05, 3.63) is 92.8 Å². The third-order valence-corrected chi connectivity index (χ3v) is 10.1. The van der Waals surface area contributed by atoms with E-state index in [2.05, 4.69) is 37.1 Å². The van der Waals surface area contributed by atoms with E-state index in [1.807, 2.05) is 28.8 Å². The highest BCUT2D eigenvalue weighted by atomic mass is 16.5. The largest absolute Gasteiger partial charge is 0.392 e. The smallest absolute Gasteiger partial charge is 0.297 e. The van der Waals surface area contributed by atoms with Gasteiger partial charge >= 0.3 is 0 Å². The summed E-state index contributed by atoms with van der Waals surface area (Å²) >= 11 is 0. The summed E-state index contributed by atoms with van der Waals surface area (Å²) in [6, 6.07) is 10.3. The highest BCUT2D eigenvalue weighted by Gasteiger charge is 2.32. The topological polar surface area (TPSA) is 135 Å². The van der Waals surface area contributed by atoms with E-state index in [4.69, 9.17) is 4.74 Å². The number of piperazine rings is 1. The van der Waals surface area contributed by atoms with Gasteiger partial charge in [-0.25, -0.2) is 9.97 Å². The number of hydrogen-bond donors (Lipinski definition) is 2. The predicted octanol–water partition coefficient (Wildman–Crippen LogP) is 2.66. The van der Waals surface area contributed by atoms with Gasteiger partial charge in [-0.05, 0) is 74.1 Å². The SMILES string of the molecule is C[C@H]1CN(C2COC2)CCN1c1ccc(Nc2cc(-c3ccnc(-n4ncn5c6c(cc5c4=O)CCCC6)c3CO)cn(C)c2=O)nc1. The van der Waals surface area contributed by atoms with Crippen molar-refractivity contribution < 1.29 is 9.84 Å². The van der Waals surface area contributed by atoms with Crippen LogP contribution in [0.25, 0.3) is 22.5 Å². The Morgan fingerprint density at radius 1 is 1.04 bits per heavy atom. The normalized spacial score (nSPS) is 18.6. The van der Waals surface area contributed by atoms with Crippen LogP contribution in [-0.4, -0.2) is 83.7 Å². The van der Waals surface area contributed by atoms with Crippen molar-refractivity contribution >= 4 is 22.7 Å². The van der Waals surface area contributed by atoms with Crippen LogP contribution in [0.2, 0.25) is 0 Å². The molecule has 0 bridgehead atoms. The molecule has 0 saturated carbocycles. The Balaban J connectivity index is 1.08. The van der Waals surface area contributed by atoms with Crippen LogP contribution in [0, 0.1) is 0 Å². The molecule has 13 nitrogen and oxygen atoms in total. The quantitative estimate of drug-likeness (QED) is 0.271. The first-order valence-corrected chi connectivity index (χ1v) is 16.6. The number of hydrogen-bond acceptors (Lipinski definition) is 10. The van der Waals surface area contributed by atoms with Crippen molar-refractivity contribution in [1.29, 1.82) is 0 Å². The zero-order valence-corrected chi connectivity index (χ0v) is 27.2. The summed E-state index contributed by atoms with van der Waals surface area (Å²) in [6.45, 7) is 6.38. The summed E-state index contributed by atoms with van der Waals surface area (Å²) in [5.74, 6) is 0.793. The van der Waals surface area contributed by atoms with E-state index in [9.17, 15) is 14.7 Å². The molecule has 2 aliphatic heterocycles. The van der Waals surface area contributed by atoms with Gasteiger partial charge in [-0.15, -0.1) is 0 Å². The molecule has 0 amide bonds. The molecule has 5 aromatic heterocycles. The molecule has 0 spiro atoms. The maximum atomic E-state index is 13.7. The first-order chi connectivity index (χ1) is 23.4. The molecular formula is C35H39N9O4. The lowest BCUT2D eigenvalue weighted by Gasteiger charge is -2.46. The van der Waals surface area contributed by atoms with Crippen molar-refractivity contribution in [2.75, 3.05) is 43.1 Å². The average molecular weight is 650 g/mol. The fraction of sp³-hybridized carbons (Fsp3) is 0.400. The number of fused-ring (bicyclic) bond motifs is 3. The fourth-order valence-electron chi connectivity index (χ4n) is 7.38. The minimum Gasteiger partial charge on any atom is -0.392 e. The van der Waals surface area contributed by atoms with E-state index in [1.165, 1.54) is 14.8 Å². The molecule has 2 fully saturated rings. The molecule has 7 heterocycles. The van der Waals surface area contributed by atoms with Gasteiger partial charge in [-0.3, -0.25) is 18.9 Å². The van der Waals surface area contributed by atoms with Gasteiger partial charge in [-0.2, -0.15) is 9.78 Å². The lowest BCUT2D eigenvalue weighted by Crippen LogP contribution is -2.59. The molecule has 3 aliphatic rings. The number of ether oxygens (including phenoxy) is 1. The van der Waals surface area contributed by atoms with E-state index in [0.29, 0.717) is 45.8 Å². The van der Waals surface area contributed by atoms with E-state index in [-0.39, 0.29) is 23.5 Å². The van der Waals surface area contributed by atoms with Gasteiger partial charge in [0.25, 0.3) is 11.1 Å². The van der Waals surface area contributed by atoms with Crippen LogP contribution in [0.3, 0.4) is 0 Å². The van der Waals surface area contributed by atoms with Gasteiger partial charge in [0, 0.05) is 61.9 Å². The molecule has 5 aromatic rings. The summed E-state index contributed by atoms with van der Waals surface area (Å²) in [5, 5.41) is 18.3. The number of anilines is 3. The number of rotatable bonds is 7. The van der Waals surface area contributed by atoms with E-state index < -0.39 is 0 Å². The Hall–Kier alpha value is -4.85. The van der Waals surface area contributed by atoms with Gasteiger partial charge in [0.1, 0.15) is 23.3 Å². The molecule has 0 radical (unpaired) electrons. The molecule has 1 atom stereocenters. The van der Waals surface area contributed by atoms with Crippen LogP contribution in [0.4, 0.5) is 17.2 Å². The zero-order chi connectivity index (χ0) is 32.9. The minimum absolute atomic E-state index is 0.227. The van der Waals surface area contributed by atoms with Crippen molar-refractivity contribution in [1.82, 2.24) is 33.6 Å². The number of aliphatic hydroxyl groups is 1. The van der Waals surface area contributed by atoms with Crippen LogP contribution in [0.15, 0.2) is 64.8 Å². The summed E-state index contributed by atoms with van der Waals surface area (Å²) in [4.78, 5) is 41.0. The standard InChI is InChI=1S/C35H39N9O4/c1-22-16-41(26-19-48-20-26)11-12-42(22)25-7-8-32(37-15-25)39-29-13-24(17-40(2)34(29)46)27-9-10-36-33(28(27)18-45)44-35(47)31-14-23-5-3-4-6-30(23)43(31)21-38-44/h7-10,13-15,17,21-22,26,45H,3-6,11-12,16,18-20H2,1-2H3,(H,37,39)/t22-/m0/s1. The number of aryl methyl sites for hydroxylation is 3. The van der Waals surface area contributed by atoms with E-state index in [0.717, 1.165) is 69.9 Å². The summed E-state index contributed by atoms with van der Waals surface area (Å²) in [7, 11) is 1.68. The lowest BCUT2D eigenvalue weighted by atomic mass is 9.98. The summed E-state index contributed by atoms with van der Waals surface area (Å²) in [5.41, 5.74) is 5.44. The second kappa shape index (κ2) is 12.3. The van der Waals surface area contributed by atoms with Crippen LogP contribution in [-0.2, 0) is 31.2 Å². The Kier molecular flexibility index (Phi) is 7.82. The number of pyridine rings is 3. The van der Waals surface area contributed by atoms with Crippen molar-refractivity contribution in [3.63, 3.8) is 0 Å². The summed E-state index contributed by atoms with van der Waals surface area (Å²) < 4.78 is 10.0. The van der Waals surface area contributed by atoms with E-state index in [1.54, 1.807) is 37.9 Å². The van der Waals surface area contributed by atoms with Gasteiger partial charge in [0.05, 0.1) is 37.7 Å². The monoisotopic (exact) mass is 649 g/mol. The molecule has 8 rings (SSSR count). The minimum atomic E-state index is -0.384. The third kappa shape index (κ3) is 5.27. The fourth-order valence-corrected chi connectivity index (χ4v) is 7.38. The maximum Gasteiger partial charge on any atom is 0.297 e. The molecule has 0 aromatic carbocycles. The van der Waals surface area contributed by atoms with Gasteiger partial charge in [-0.1, -0.05) is 0 Å². The molecule has 1 aliphatic carbocycles.